The Morgan fingerprint density at radius 2 is 2.17 bits per heavy atom. The lowest BCUT2D eigenvalue weighted by Gasteiger charge is -2.24. The van der Waals surface area contributed by atoms with Gasteiger partial charge >= 0.3 is 0 Å². The van der Waals surface area contributed by atoms with E-state index in [-0.39, 0.29) is 11.9 Å². The molecule has 0 bridgehead atoms. The second kappa shape index (κ2) is 6.87. The molecule has 0 aliphatic heterocycles. The molecule has 4 nitrogen and oxygen atoms in total. The Kier molecular flexibility index (Phi) is 4.85. The molecule has 0 spiro atoms. The molecular weight excluding hydrogens is 306 g/mol. The summed E-state index contributed by atoms with van der Waals surface area (Å²) in [7, 11) is 1.93. The molecule has 0 aromatic carbocycles. The zero-order valence-corrected chi connectivity index (χ0v) is 14.9. The molecule has 1 fully saturated rings. The molecule has 2 aromatic heterocycles. The summed E-state index contributed by atoms with van der Waals surface area (Å²) in [6.45, 7) is 4.00. The van der Waals surface area contributed by atoms with E-state index in [0.29, 0.717) is 12.3 Å². The van der Waals surface area contributed by atoms with Crippen molar-refractivity contribution in [1.29, 1.82) is 0 Å². The lowest BCUT2D eigenvalue weighted by Crippen LogP contribution is -2.33. The molecule has 1 aliphatic carbocycles. The van der Waals surface area contributed by atoms with Gasteiger partial charge in [0, 0.05) is 23.2 Å². The fourth-order valence-corrected chi connectivity index (χ4v) is 4.51. The number of rotatable bonds is 5. The molecule has 0 unspecified atom stereocenters. The third kappa shape index (κ3) is 3.50. The molecule has 1 amide bonds. The Bertz CT molecular complexity index is 669. The molecule has 23 heavy (non-hydrogen) atoms. The van der Waals surface area contributed by atoms with Crippen LogP contribution in [0.2, 0.25) is 0 Å². The number of aryl methyl sites for hydroxylation is 2. The van der Waals surface area contributed by atoms with Crippen molar-refractivity contribution >= 4 is 17.2 Å². The molecule has 5 heteroatoms. The van der Waals surface area contributed by atoms with E-state index in [1.165, 1.54) is 30.6 Å². The minimum absolute atomic E-state index is 0.106. The molecule has 1 saturated carbocycles. The van der Waals surface area contributed by atoms with E-state index in [2.05, 4.69) is 27.9 Å². The molecule has 1 atom stereocenters. The van der Waals surface area contributed by atoms with E-state index in [4.69, 9.17) is 0 Å². The predicted octanol–water partition coefficient (Wildman–Crippen LogP) is 3.69. The van der Waals surface area contributed by atoms with Gasteiger partial charge in [-0.15, -0.1) is 11.3 Å². The van der Waals surface area contributed by atoms with Crippen LogP contribution in [-0.2, 0) is 18.3 Å². The lowest BCUT2D eigenvalue weighted by molar-refractivity contribution is -0.121. The van der Waals surface area contributed by atoms with E-state index < -0.39 is 0 Å². The van der Waals surface area contributed by atoms with Gasteiger partial charge in [0.1, 0.15) is 0 Å². The van der Waals surface area contributed by atoms with E-state index in [1.54, 1.807) is 11.3 Å². The summed E-state index contributed by atoms with van der Waals surface area (Å²) in [5.41, 5.74) is 3.08. The van der Waals surface area contributed by atoms with Gasteiger partial charge in [0.05, 0.1) is 18.2 Å². The molecule has 1 N–H and O–H groups in total. The molecule has 1 aliphatic rings. The van der Waals surface area contributed by atoms with Crippen LogP contribution in [0.5, 0.6) is 0 Å². The summed E-state index contributed by atoms with van der Waals surface area (Å²) in [5.74, 6) is 0.684. The predicted molar refractivity (Wildman–Crippen MR) is 93.5 cm³/mol. The number of carbonyl (C=O) groups excluding carboxylic acids is 1. The van der Waals surface area contributed by atoms with Gasteiger partial charge in [-0.25, -0.2) is 0 Å². The van der Waals surface area contributed by atoms with Gasteiger partial charge in [0.2, 0.25) is 5.91 Å². The average molecular weight is 331 g/mol. The van der Waals surface area contributed by atoms with Crippen LogP contribution in [0.3, 0.4) is 0 Å². The van der Waals surface area contributed by atoms with Crippen molar-refractivity contribution in [3.8, 4) is 0 Å². The number of carbonyl (C=O) groups is 1. The Balaban J connectivity index is 1.73. The van der Waals surface area contributed by atoms with Crippen molar-refractivity contribution in [2.24, 2.45) is 13.0 Å². The first-order valence-electron chi connectivity index (χ1n) is 8.38. The second-order valence-electron chi connectivity index (χ2n) is 6.55. The third-order valence-electron chi connectivity index (χ3n) is 5.03. The third-order valence-corrected chi connectivity index (χ3v) is 5.99. The summed E-state index contributed by atoms with van der Waals surface area (Å²) in [5, 5.41) is 9.81. The quantitative estimate of drug-likeness (QED) is 0.908. The summed E-state index contributed by atoms with van der Waals surface area (Å²) < 4.78 is 1.85. The zero-order chi connectivity index (χ0) is 16.4. The average Bonchev–Trinajstić information content (AvgIpc) is 3.25. The summed E-state index contributed by atoms with van der Waals surface area (Å²) in [6, 6.07) is 4.39. The van der Waals surface area contributed by atoms with Crippen molar-refractivity contribution in [2.75, 3.05) is 0 Å². The zero-order valence-electron chi connectivity index (χ0n) is 14.1. The van der Waals surface area contributed by atoms with Gasteiger partial charge in [-0.3, -0.25) is 9.48 Å². The van der Waals surface area contributed by atoms with E-state index >= 15 is 0 Å². The van der Waals surface area contributed by atoms with Crippen LogP contribution in [0, 0.1) is 19.8 Å². The minimum Gasteiger partial charge on any atom is -0.348 e. The molecule has 124 valence electrons. The first-order valence-corrected chi connectivity index (χ1v) is 9.26. The van der Waals surface area contributed by atoms with Crippen molar-refractivity contribution in [3.05, 3.63) is 39.3 Å². The minimum atomic E-state index is 0.106. The standard InChI is InChI=1S/C18H25N3OS/c1-12-15(13(2)21(3)20-12)11-17(22)19-18(14-7-4-5-8-14)16-9-6-10-23-16/h6,9-10,14,18H,4-5,7-8,11H2,1-3H3,(H,19,22)/t18-/m0/s1. The number of hydrogen-bond acceptors (Lipinski definition) is 3. The van der Waals surface area contributed by atoms with Crippen LogP contribution < -0.4 is 5.32 Å². The van der Waals surface area contributed by atoms with Gasteiger partial charge in [0.15, 0.2) is 0 Å². The fourth-order valence-electron chi connectivity index (χ4n) is 3.64. The number of amides is 1. The highest BCUT2D eigenvalue weighted by Crippen LogP contribution is 2.37. The molecule has 2 heterocycles. The Morgan fingerprint density at radius 1 is 1.43 bits per heavy atom. The number of aromatic nitrogens is 2. The molecule has 0 radical (unpaired) electrons. The normalized spacial score (nSPS) is 16.7. The molecule has 0 saturated heterocycles. The Morgan fingerprint density at radius 3 is 2.74 bits per heavy atom. The van der Waals surface area contributed by atoms with Crippen molar-refractivity contribution < 1.29 is 4.79 Å². The Labute approximate surface area is 141 Å². The van der Waals surface area contributed by atoms with Crippen LogP contribution in [0.15, 0.2) is 17.5 Å². The van der Waals surface area contributed by atoms with Crippen LogP contribution in [0.25, 0.3) is 0 Å². The van der Waals surface area contributed by atoms with Crippen LogP contribution in [0.4, 0.5) is 0 Å². The Hall–Kier alpha value is -1.62. The van der Waals surface area contributed by atoms with E-state index in [0.717, 1.165) is 17.0 Å². The van der Waals surface area contributed by atoms with Gasteiger partial charge in [-0.2, -0.15) is 5.10 Å². The number of thiophene rings is 1. The SMILES string of the molecule is Cc1nn(C)c(C)c1CC(=O)N[C@H](c1cccs1)C1CCCC1. The van der Waals surface area contributed by atoms with Crippen molar-refractivity contribution in [3.63, 3.8) is 0 Å². The highest BCUT2D eigenvalue weighted by atomic mass is 32.1. The van der Waals surface area contributed by atoms with Crippen LogP contribution in [-0.4, -0.2) is 15.7 Å². The van der Waals surface area contributed by atoms with Crippen molar-refractivity contribution in [1.82, 2.24) is 15.1 Å². The highest BCUT2D eigenvalue weighted by molar-refractivity contribution is 7.10. The largest absolute Gasteiger partial charge is 0.348 e. The lowest BCUT2D eigenvalue weighted by atomic mass is 9.96. The molecule has 3 rings (SSSR count). The van der Waals surface area contributed by atoms with Gasteiger partial charge in [0.25, 0.3) is 0 Å². The van der Waals surface area contributed by atoms with E-state index in [9.17, 15) is 4.79 Å². The van der Waals surface area contributed by atoms with Crippen LogP contribution >= 0.6 is 11.3 Å². The maximum Gasteiger partial charge on any atom is 0.225 e. The number of hydrogen-bond donors (Lipinski definition) is 1. The summed E-state index contributed by atoms with van der Waals surface area (Å²) in [6.07, 6.45) is 5.41. The van der Waals surface area contributed by atoms with Crippen LogP contribution in [0.1, 0.15) is 53.6 Å². The summed E-state index contributed by atoms with van der Waals surface area (Å²) >= 11 is 1.75. The van der Waals surface area contributed by atoms with Gasteiger partial charge < -0.3 is 5.32 Å². The summed E-state index contributed by atoms with van der Waals surface area (Å²) in [4.78, 5) is 13.9. The molecule has 2 aromatic rings. The van der Waals surface area contributed by atoms with Crippen molar-refractivity contribution in [2.45, 2.75) is 52.0 Å². The smallest absolute Gasteiger partial charge is 0.225 e. The van der Waals surface area contributed by atoms with Gasteiger partial charge in [-0.05, 0) is 44.1 Å². The maximum atomic E-state index is 12.6. The molecular formula is C18H25N3OS. The highest BCUT2D eigenvalue weighted by Gasteiger charge is 2.28. The fraction of sp³-hybridized carbons (Fsp3) is 0.556. The maximum absolute atomic E-state index is 12.6. The topological polar surface area (TPSA) is 46.9 Å². The second-order valence-corrected chi connectivity index (χ2v) is 7.53. The van der Waals surface area contributed by atoms with Gasteiger partial charge in [-0.1, -0.05) is 18.9 Å². The first-order chi connectivity index (χ1) is 11.1. The van der Waals surface area contributed by atoms with E-state index in [1.807, 2.05) is 25.6 Å². The number of nitrogens with one attached hydrogen (secondary N) is 1. The monoisotopic (exact) mass is 331 g/mol. The first kappa shape index (κ1) is 16.2. The number of nitrogens with zero attached hydrogens (tertiary/aromatic N) is 2.